The Kier molecular flexibility index (Phi) is 6.55. The van der Waals surface area contributed by atoms with Crippen LogP contribution in [-0.2, 0) is 27.1 Å². The highest BCUT2D eigenvalue weighted by Crippen LogP contribution is 2.52. The van der Waals surface area contributed by atoms with E-state index >= 15 is 0 Å². The summed E-state index contributed by atoms with van der Waals surface area (Å²) in [6, 6.07) is 33.5. The van der Waals surface area contributed by atoms with E-state index in [9.17, 15) is 0 Å². The van der Waals surface area contributed by atoms with Crippen molar-refractivity contribution in [3.8, 4) is 5.69 Å². The van der Waals surface area contributed by atoms with Gasteiger partial charge in [-0.1, -0.05) is 125 Å². The number of hydrogen-bond acceptors (Lipinski definition) is 2. The normalized spacial score (nSPS) is 19.6. The second kappa shape index (κ2) is 10.6. The van der Waals surface area contributed by atoms with Gasteiger partial charge in [-0.15, -0.1) is 0 Å². The van der Waals surface area contributed by atoms with E-state index in [0.717, 1.165) is 11.3 Å². The van der Waals surface area contributed by atoms with Crippen LogP contribution in [-0.4, -0.2) is 11.3 Å². The number of fused-ring (bicyclic) bond motifs is 11. The summed E-state index contributed by atoms with van der Waals surface area (Å²) in [5.74, 6) is 0. The fourth-order valence-corrected chi connectivity index (χ4v) is 11.4. The van der Waals surface area contributed by atoms with Crippen molar-refractivity contribution in [3.63, 3.8) is 0 Å². The summed E-state index contributed by atoms with van der Waals surface area (Å²) in [5, 5.41) is 3.68. The maximum atomic E-state index is 6.92. The van der Waals surface area contributed by atoms with Crippen LogP contribution in [0.15, 0.2) is 89.3 Å². The highest BCUT2D eigenvalue weighted by atomic mass is 16.3. The minimum Gasteiger partial charge on any atom is -0.439 e. The maximum Gasteiger partial charge on any atom is 0.252 e. The molecule has 56 heavy (non-hydrogen) atoms. The van der Waals surface area contributed by atoms with E-state index in [0.29, 0.717) is 0 Å². The molecule has 2 aliphatic heterocycles. The van der Waals surface area contributed by atoms with Crippen molar-refractivity contribution in [2.75, 3.05) is 4.90 Å². The van der Waals surface area contributed by atoms with Crippen molar-refractivity contribution in [1.82, 2.24) is 4.57 Å². The molecule has 0 saturated carbocycles. The second-order valence-electron chi connectivity index (χ2n) is 21.5. The summed E-state index contributed by atoms with van der Waals surface area (Å²) in [5.41, 5.74) is 20.2. The average Bonchev–Trinajstić information content (AvgIpc) is 3.68. The lowest BCUT2D eigenvalue weighted by molar-refractivity contribution is 0.332. The summed E-state index contributed by atoms with van der Waals surface area (Å²) in [6.45, 7) is 26.9. The van der Waals surface area contributed by atoms with Gasteiger partial charge in [-0.2, -0.15) is 0 Å². The van der Waals surface area contributed by atoms with Gasteiger partial charge in [-0.3, -0.25) is 4.57 Å². The van der Waals surface area contributed by atoms with Gasteiger partial charge >= 0.3 is 0 Å². The summed E-state index contributed by atoms with van der Waals surface area (Å²) >= 11 is 0. The zero-order valence-corrected chi connectivity index (χ0v) is 35.3. The summed E-state index contributed by atoms with van der Waals surface area (Å²) in [6.07, 6.45) is 4.77. The molecule has 0 radical (unpaired) electrons. The third-order valence-electron chi connectivity index (χ3n) is 15.1. The zero-order chi connectivity index (χ0) is 39.1. The number of para-hydroxylation sites is 2. The molecule has 4 aliphatic rings. The van der Waals surface area contributed by atoms with E-state index in [2.05, 4.69) is 171 Å². The molecule has 4 heterocycles. The minimum absolute atomic E-state index is 0.0765. The van der Waals surface area contributed by atoms with Crippen LogP contribution in [0.5, 0.6) is 0 Å². The number of aromatic nitrogens is 1. The van der Waals surface area contributed by atoms with E-state index in [1.807, 2.05) is 0 Å². The van der Waals surface area contributed by atoms with E-state index in [1.54, 1.807) is 0 Å². The first kappa shape index (κ1) is 34.5. The largest absolute Gasteiger partial charge is 0.439 e. The van der Waals surface area contributed by atoms with Gasteiger partial charge in [0, 0.05) is 33.5 Å². The monoisotopic (exact) mass is 734 g/mol. The SMILES string of the molecule is CC(C)(C)c1cc2c3c(c1)-n1c4oc5ccccc5c4c4cccc(c41)B3c1cc3c(cc1N2c1ccc2c(c1)C(C)(C)CCC2(C)C)C(C)(C)CCC3(C)C. The number of rotatable bonds is 1. The molecule has 0 atom stereocenters. The summed E-state index contributed by atoms with van der Waals surface area (Å²) < 4.78 is 9.41. The Morgan fingerprint density at radius 2 is 1.18 bits per heavy atom. The lowest BCUT2D eigenvalue weighted by atomic mass is 9.33. The van der Waals surface area contributed by atoms with Crippen molar-refractivity contribution in [2.24, 2.45) is 0 Å². The molecule has 2 aliphatic carbocycles. The van der Waals surface area contributed by atoms with Crippen LogP contribution in [0.1, 0.15) is 130 Å². The Balaban J connectivity index is 1.32. The third-order valence-corrected chi connectivity index (χ3v) is 15.1. The fraction of sp³-hybridized carbons (Fsp3) is 0.385. The smallest absolute Gasteiger partial charge is 0.252 e. The Bertz CT molecular complexity index is 2870. The molecule has 7 aromatic rings. The number of furan rings is 1. The lowest BCUT2D eigenvalue weighted by Crippen LogP contribution is -2.61. The molecule has 0 fully saturated rings. The van der Waals surface area contributed by atoms with Gasteiger partial charge in [0.25, 0.3) is 6.71 Å². The number of nitrogens with zero attached hydrogens (tertiary/aromatic N) is 2. The topological polar surface area (TPSA) is 21.3 Å². The van der Waals surface area contributed by atoms with Crippen molar-refractivity contribution >= 4 is 73.1 Å². The third kappa shape index (κ3) is 4.42. The van der Waals surface area contributed by atoms with Crippen molar-refractivity contribution in [2.45, 2.75) is 129 Å². The Hall–Kier alpha value is -4.70. The molecule has 0 bridgehead atoms. The highest BCUT2D eigenvalue weighted by Gasteiger charge is 2.47. The van der Waals surface area contributed by atoms with E-state index in [1.165, 1.54) is 114 Å². The van der Waals surface area contributed by atoms with Crippen LogP contribution in [0.3, 0.4) is 0 Å². The molecule has 0 saturated heterocycles. The Labute approximate surface area is 333 Å². The van der Waals surface area contributed by atoms with Gasteiger partial charge in [0.2, 0.25) is 5.71 Å². The number of benzene rings is 5. The molecule has 0 unspecified atom stereocenters. The minimum atomic E-state index is -0.0765. The first-order valence-corrected chi connectivity index (χ1v) is 21.1. The van der Waals surface area contributed by atoms with E-state index < -0.39 is 0 Å². The van der Waals surface area contributed by atoms with Gasteiger partial charge in [-0.25, -0.2) is 0 Å². The predicted octanol–water partition coefficient (Wildman–Crippen LogP) is 12.1. The molecule has 0 N–H and O–H groups in total. The van der Waals surface area contributed by atoms with Crippen LogP contribution in [0.2, 0.25) is 0 Å². The van der Waals surface area contributed by atoms with Gasteiger partial charge < -0.3 is 9.32 Å². The molecule has 5 aromatic carbocycles. The van der Waals surface area contributed by atoms with Crippen LogP contribution < -0.4 is 21.3 Å². The zero-order valence-electron chi connectivity index (χ0n) is 35.3. The van der Waals surface area contributed by atoms with Crippen LogP contribution in [0.4, 0.5) is 17.1 Å². The van der Waals surface area contributed by atoms with Gasteiger partial charge in [0.1, 0.15) is 5.58 Å². The predicted molar refractivity (Wildman–Crippen MR) is 239 cm³/mol. The number of hydrogen-bond donors (Lipinski definition) is 0. The second-order valence-corrected chi connectivity index (χ2v) is 21.5. The summed E-state index contributed by atoms with van der Waals surface area (Å²) in [4.78, 5) is 2.68. The standard InChI is InChI=1S/C52H55BN2O/c1-48(2,3)30-25-41-45-42(26-30)55-46-33(44-32-15-12-13-18-43(32)56-47(44)55)16-14-17-38(46)53(45)39-28-36-37(52(10,11)24-23-51(36,8)9)29-40(39)54(41)31-19-20-34-35(27-31)50(6,7)22-21-49(34,4)5/h12-20,25-29H,21-24H2,1-11H3. The molecule has 11 rings (SSSR count). The first-order chi connectivity index (χ1) is 26.4. The molecule has 282 valence electrons. The van der Waals surface area contributed by atoms with E-state index in [4.69, 9.17) is 4.42 Å². The molecule has 0 spiro atoms. The van der Waals surface area contributed by atoms with Crippen molar-refractivity contribution < 1.29 is 4.42 Å². The molecule has 4 heteroatoms. The first-order valence-electron chi connectivity index (χ1n) is 21.1. The fourth-order valence-electron chi connectivity index (χ4n) is 11.4. The summed E-state index contributed by atoms with van der Waals surface area (Å²) in [7, 11) is 0. The van der Waals surface area contributed by atoms with Crippen molar-refractivity contribution in [3.05, 3.63) is 113 Å². The molecule has 2 aromatic heterocycles. The van der Waals surface area contributed by atoms with Crippen LogP contribution in [0, 0.1) is 0 Å². The van der Waals surface area contributed by atoms with Gasteiger partial charge in [0.05, 0.1) is 10.9 Å². The average molecular weight is 735 g/mol. The van der Waals surface area contributed by atoms with Crippen molar-refractivity contribution in [1.29, 1.82) is 0 Å². The molecule has 0 amide bonds. The quantitative estimate of drug-likeness (QED) is 0.157. The highest BCUT2D eigenvalue weighted by molar-refractivity contribution is 7.00. The Morgan fingerprint density at radius 1 is 0.571 bits per heavy atom. The maximum absolute atomic E-state index is 6.92. The van der Waals surface area contributed by atoms with Gasteiger partial charge in [0.15, 0.2) is 0 Å². The van der Waals surface area contributed by atoms with Crippen LogP contribution >= 0.6 is 0 Å². The molecular weight excluding hydrogens is 679 g/mol. The molecular formula is C52H55BN2O. The molecule has 3 nitrogen and oxygen atoms in total. The number of anilines is 3. The van der Waals surface area contributed by atoms with Crippen LogP contribution in [0.25, 0.3) is 38.7 Å². The Morgan fingerprint density at radius 3 is 1.88 bits per heavy atom. The lowest BCUT2D eigenvalue weighted by Gasteiger charge is -2.47. The van der Waals surface area contributed by atoms with Gasteiger partial charge in [-0.05, 0) is 133 Å². The van der Waals surface area contributed by atoms with E-state index in [-0.39, 0.29) is 33.8 Å².